The standard InChI is InChI=1S/C12H16N2O3S/c1-4-17-11-5-7-12(8-6-11)18(15,16)14(3)10(2)9-13/h5-8,10H,4H2,1-3H3. The fraction of sp³-hybridized carbons (Fsp3) is 0.417. The van der Waals surface area contributed by atoms with Crippen LogP contribution in [0.2, 0.25) is 0 Å². The molecule has 0 N–H and O–H groups in total. The topological polar surface area (TPSA) is 70.4 Å². The van der Waals surface area contributed by atoms with Crippen LogP contribution in [-0.4, -0.2) is 32.4 Å². The van der Waals surface area contributed by atoms with Crippen LogP contribution >= 0.6 is 0 Å². The predicted octanol–water partition coefficient (Wildman–Crippen LogP) is 1.62. The third-order valence-corrected chi connectivity index (χ3v) is 4.49. The van der Waals surface area contributed by atoms with Crippen LogP contribution in [-0.2, 0) is 10.0 Å². The van der Waals surface area contributed by atoms with E-state index in [9.17, 15) is 8.42 Å². The van der Waals surface area contributed by atoms with Gasteiger partial charge in [-0.2, -0.15) is 9.57 Å². The number of sulfonamides is 1. The molecule has 1 unspecified atom stereocenters. The maximum absolute atomic E-state index is 12.1. The molecular weight excluding hydrogens is 252 g/mol. The molecular formula is C12H16N2O3S. The van der Waals surface area contributed by atoms with Crippen molar-refractivity contribution in [3.63, 3.8) is 0 Å². The Morgan fingerprint density at radius 1 is 1.39 bits per heavy atom. The van der Waals surface area contributed by atoms with Crippen LogP contribution in [0.3, 0.4) is 0 Å². The van der Waals surface area contributed by atoms with Crippen molar-refractivity contribution in [2.75, 3.05) is 13.7 Å². The van der Waals surface area contributed by atoms with Crippen molar-refractivity contribution >= 4 is 10.0 Å². The smallest absolute Gasteiger partial charge is 0.244 e. The van der Waals surface area contributed by atoms with Gasteiger partial charge in [0.25, 0.3) is 0 Å². The highest BCUT2D eigenvalue weighted by Gasteiger charge is 2.25. The normalized spacial score (nSPS) is 13.1. The van der Waals surface area contributed by atoms with E-state index >= 15 is 0 Å². The third-order valence-electron chi connectivity index (χ3n) is 2.54. The highest BCUT2D eigenvalue weighted by Crippen LogP contribution is 2.19. The lowest BCUT2D eigenvalue weighted by atomic mass is 10.3. The first-order valence-electron chi connectivity index (χ1n) is 5.54. The van der Waals surface area contributed by atoms with Gasteiger partial charge in [0.1, 0.15) is 11.8 Å². The minimum atomic E-state index is -3.63. The lowest BCUT2D eigenvalue weighted by Crippen LogP contribution is -2.34. The molecule has 98 valence electrons. The first-order chi connectivity index (χ1) is 8.43. The number of nitriles is 1. The second-order valence-electron chi connectivity index (χ2n) is 3.73. The van der Waals surface area contributed by atoms with Crippen molar-refractivity contribution in [1.82, 2.24) is 4.31 Å². The molecule has 0 fully saturated rings. The Balaban J connectivity index is 3.03. The van der Waals surface area contributed by atoms with E-state index in [0.717, 1.165) is 4.31 Å². The van der Waals surface area contributed by atoms with Crippen molar-refractivity contribution in [3.05, 3.63) is 24.3 Å². The quantitative estimate of drug-likeness (QED) is 0.813. The van der Waals surface area contributed by atoms with E-state index in [1.165, 1.54) is 26.1 Å². The first kappa shape index (κ1) is 14.5. The van der Waals surface area contributed by atoms with Gasteiger partial charge in [0, 0.05) is 7.05 Å². The van der Waals surface area contributed by atoms with Gasteiger partial charge in [0.2, 0.25) is 10.0 Å². The monoisotopic (exact) mass is 268 g/mol. The molecule has 0 aliphatic heterocycles. The molecule has 0 saturated carbocycles. The van der Waals surface area contributed by atoms with Gasteiger partial charge in [-0.3, -0.25) is 0 Å². The summed E-state index contributed by atoms with van der Waals surface area (Å²) in [5, 5.41) is 8.75. The molecule has 6 heteroatoms. The van der Waals surface area contributed by atoms with Crippen LogP contribution in [0.1, 0.15) is 13.8 Å². The van der Waals surface area contributed by atoms with Crippen LogP contribution in [0.4, 0.5) is 0 Å². The number of ether oxygens (including phenoxy) is 1. The third kappa shape index (κ3) is 3.00. The zero-order valence-corrected chi connectivity index (χ0v) is 11.4. The molecule has 1 aromatic rings. The van der Waals surface area contributed by atoms with E-state index in [0.29, 0.717) is 12.4 Å². The van der Waals surface area contributed by atoms with Crippen LogP contribution in [0.15, 0.2) is 29.2 Å². The van der Waals surface area contributed by atoms with Gasteiger partial charge < -0.3 is 4.74 Å². The van der Waals surface area contributed by atoms with Crippen molar-refractivity contribution in [3.8, 4) is 11.8 Å². The number of nitrogens with zero attached hydrogens (tertiary/aromatic N) is 2. The lowest BCUT2D eigenvalue weighted by Gasteiger charge is -2.19. The van der Waals surface area contributed by atoms with Crippen molar-refractivity contribution in [2.45, 2.75) is 24.8 Å². The highest BCUT2D eigenvalue weighted by atomic mass is 32.2. The van der Waals surface area contributed by atoms with E-state index in [-0.39, 0.29) is 4.90 Å². The summed E-state index contributed by atoms with van der Waals surface area (Å²) in [6.07, 6.45) is 0. The number of benzene rings is 1. The average Bonchev–Trinajstić information content (AvgIpc) is 2.38. The zero-order chi connectivity index (χ0) is 13.8. The summed E-state index contributed by atoms with van der Waals surface area (Å²) >= 11 is 0. The summed E-state index contributed by atoms with van der Waals surface area (Å²) in [6.45, 7) is 3.91. The summed E-state index contributed by atoms with van der Waals surface area (Å²) < 4.78 is 30.6. The summed E-state index contributed by atoms with van der Waals surface area (Å²) in [6, 6.07) is 7.33. The molecule has 1 rings (SSSR count). The van der Waals surface area contributed by atoms with Crippen molar-refractivity contribution < 1.29 is 13.2 Å². The average molecular weight is 268 g/mol. The summed E-state index contributed by atoms with van der Waals surface area (Å²) in [5.74, 6) is 0.618. The van der Waals surface area contributed by atoms with Crippen LogP contribution in [0.25, 0.3) is 0 Å². The molecule has 0 radical (unpaired) electrons. The van der Waals surface area contributed by atoms with Crippen LogP contribution in [0.5, 0.6) is 5.75 Å². The van der Waals surface area contributed by atoms with Gasteiger partial charge in [-0.05, 0) is 38.1 Å². The molecule has 0 aromatic heterocycles. The fourth-order valence-electron chi connectivity index (χ4n) is 1.33. The van der Waals surface area contributed by atoms with Gasteiger partial charge in [-0.25, -0.2) is 8.42 Å². The molecule has 0 heterocycles. The van der Waals surface area contributed by atoms with E-state index in [2.05, 4.69) is 0 Å². The van der Waals surface area contributed by atoms with E-state index in [4.69, 9.17) is 10.00 Å². The van der Waals surface area contributed by atoms with E-state index < -0.39 is 16.1 Å². The van der Waals surface area contributed by atoms with Gasteiger partial charge in [0.05, 0.1) is 17.6 Å². The Morgan fingerprint density at radius 3 is 2.39 bits per heavy atom. The van der Waals surface area contributed by atoms with Crippen LogP contribution < -0.4 is 4.74 Å². The van der Waals surface area contributed by atoms with Gasteiger partial charge in [-0.1, -0.05) is 0 Å². The Kier molecular flexibility index (Phi) is 4.70. The number of hydrogen-bond donors (Lipinski definition) is 0. The maximum atomic E-state index is 12.1. The molecule has 5 nitrogen and oxygen atoms in total. The van der Waals surface area contributed by atoms with Gasteiger partial charge in [-0.15, -0.1) is 0 Å². The van der Waals surface area contributed by atoms with Crippen LogP contribution in [0, 0.1) is 11.3 Å². The molecule has 0 aliphatic rings. The molecule has 0 saturated heterocycles. The Hall–Kier alpha value is -1.58. The van der Waals surface area contributed by atoms with E-state index in [1.807, 2.05) is 13.0 Å². The predicted molar refractivity (Wildman–Crippen MR) is 67.6 cm³/mol. The fourth-order valence-corrected chi connectivity index (χ4v) is 2.61. The lowest BCUT2D eigenvalue weighted by molar-refractivity contribution is 0.340. The second-order valence-corrected chi connectivity index (χ2v) is 5.73. The Labute approximate surface area is 108 Å². The summed E-state index contributed by atoms with van der Waals surface area (Å²) in [4.78, 5) is 0.149. The van der Waals surface area contributed by atoms with Crippen molar-refractivity contribution in [2.24, 2.45) is 0 Å². The molecule has 0 amide bonds. The second kappa shape index (κ2) is 5.85. The molecule has 0 aliphatic carbocycles. The highest BCUT2D eigenvalue weighted by molar-refractivity contribution is 7.89. The SMILES string of the molecule is CCOc1ccc(S(=O)(=O)N(C)C(C)C#N)cc1. The maximum Gasteiger partial charge on any atom is 0.244 e. The Morgan fingerprint density at radius 2 is 1.94 bits per heavy atom. The Bertz CT molecular complexity index is 531. The summed E-state index contributed by atoms with van der Waals surface area (Å²) in [5.41, 5.74) is 0. The molecule has 1 atom stereocenters. The van der Waals surface area contributed by atoms with Crippen molar-refractivity contribution in [1.29, 1.82) is 5.26 Å². The number of hydrogen-bond acceptors (Lipinski definition) is 4. The molecule has 1 aromatic carbocycles. The minimum absolute atomic E-state index is 0.149. The van der Waals surface area contributed by atoms with E-state index in [1.54, 1.807) is 12.1 Å². The molecule has 0 bridgehead atoms. The largest absolute Gasteiger partial charge is 0.494 e. The summed E-state index contributed by atoms with van der Waals surface area (Å²) in [7, 11) is -2.24. The minimum Gasteiger partial charge on any atom is -0.494 e. The number of rotatable bonds is 5. The zero-order valence-electron chi connectivity index (χ0n) is 10.6. The van der Waals surface area contributed by atoms with Gasteiger partial charge >= 0.3 is 0 Å². The first-order valence-corrected chi connectivity index (χ1v) is 6.98. The van der Waals surface area contributed by atoms with Gasteiger partial charge in [0.15, 0.2) is 0 Å². The molecule has 18 heavy (non-hydrogen) atoms. The molecule has 0 spiro atoms.